The highest BCUT2D eigenvalue weighted by molar-refractivity contribution is 7.92. The van der Waals surface area contributed by atoms with Crippen molar-refractivity contribution in [2.45, 2.75) is 23.2 Å². The molecule has 1 N–H and O–H groups in total. The van der Waals surface area contributed by atoms with Gasteiger partial charge >= 0.3 is 0 Å². The molecule has 1 heterocycles. The van der Waals surface area contributed by atoms with Crippen molar-refractivity contribution in [2.75, 3.05) is 44.8 Å². The Labute approximate surface area is 222 Å². The third kappa shape index (κ3) is 5.92. The van der Waals surface area contributed by atoms with E-state index in [1.165, 1.54) is 44.6 Å². The van der Waals surface area contributed by atoms with Gasteiger partial charge in [0.15, 0.2) is 11.5 Å². The maximum atomic E-state index is 13.8. The number of amides is 1. The summed E-state index contributed by atoms with van der Waals surface area (Å²) in [5.41, 5.74) is 0.926. The number of hydrogen-bond donors (Lipinski definition) is 1. The molecular weight excluding hydrogens is 511 g/mol. The van der Waals surface area contributed by atoms with Crippen molar-refractivity contribution in [3.05, 3.63) is 84.2 Å². The van der Waals surface area contributed by atoms with Crippen molar-refractivity contribution >= 4 is 21.6 Å². The summed E-state index contributed by atoms with van der Waals surface area (Å²) in [6.45, 7) is 0.969. The average molecular weight is 543 g/mol. The zero-order valence-corrected chi connectivity index (χ0v) is 22.2. The Balaban J connectivity index is 1.61. The van der Waals surface area contributed by atoms with Crippen molar-refractivity contribution in [1.82, 2.24) is 5.32 Å². The molecule has 0 aliphatic carbocycles. The second-order valence-electron chi connectivity index (χ2n) is 9.04. The fourth-order valence-electron chi connectivity index (χ4n) is 4.60. The Morgan fingerprint density at radius 2 is 1.63 bits per heavy atom. The van der Waals surface area contributed by atoms with Crippen LogP contribution in [0.5, 0.6) is 11.5 Å². The molecule has 4 rings (SSSR count). The van der Waals surface area contributed by atoms with E-state index in [-0.39, 0.29) is 21.7 Å². The number of ether oxygens (including phenoxy) is 3. The fraction of sp³-hybridized carbons (Fsp3) is 0.321. The number of sulfonamides is 1. The van der Waals surface area contributed by atoms with E-state index in [1.54, 1.807) is 0 Å². The molecule has 0 atom stereocenters. The van der Waals surface area contributed by atoms with E-state index < -0.39 is 28.3 Å². The van der Waals surface area contributed by atoms with Crippen molar-refractivity contribution in [3.63, 3.8) is 0 Å². The van der Waals surface area contributed by atoms with Crippen molar-refractivity contribution < 1.29 is 31.8 Å². The van der Waals surface area contributed by atoms with Gasteiger partial charge in [0.1, 0.15) is 12.4 Å². The number of carbonyl (C=O) groups is 1. The minimum absolute atomic E-state index is 0.0996. The normalized spacial score (nSPS) is 14.9. The summed E-state index contributed by atoms with van der Waals surface area (Å²) in [6.07, 6.45) is 1.45. The molecule has 0 bridgehead atoms. The molecule has 3 aromatic rings. The van der Waals surface area contributed by atoms with Crippen LogP contribution in [0.2, 0.25) is 0 Å². The minimum Gasteiger partial charge on any atom is -0.493 e. The van der Waals surface area contributed by atoms with Crippen molar-refractivity contribution in [2.24, 2.45) is 0 Å². The Morgan fingerprint density at radius 1 is 0.974 bits per heavy atom. The number of benzene rings is 3. The van der Waals surface area contributed by atoms with Gasteiger partial charge in [-0.25, -0.2) is 12.8 Å². The number of rotatable bonds is 10. The van der Waals surface area contributed by atoms with Crippen molar-refractivity contribution in [1.29, 1.82) is 0 Å². The summed E-state index contributed by atoms with van der Waals surface area (Å²) in [5, 5.41) is 2.95. The number of carbonyl (C=O) groups excluding carboxylic acids is 1. The molecule has 0 aromatic heterocycles. The molecule has 1 saturated heterocycles. The maximum Gasteiger partial charge on any atom is 0.264 e. The van der Waals surface area contributed by atoms with Gasteiger partial charge in [-0.2, -0.15) is 0 Å². The summed E-state index contributed by atoms with van der Waals surface area (Å²) >= 11 is 0. The molecule has 38 heavy (non-hydrogen) atoms. The van der Waals surface area contributed by atoms with Gasteiger partial charge in [-0.3, -0.25) is 9.10 Å². The van der Waals surface area contributed by atoms with Gasteiger partial charge in [0.25, 0.3) is 10.0 Å². The monoisotopic (exact) mass is 542 g/mol. The quantitative estimate of drug-likeness (QED) is 0.418. The zero-order chi connectivity index (χ0) is 27.2. The summed E-state index contributed by atoms with van der Waals surface area (Å²) in [5.74, 6) is -0.423. The summed E-state index contributed by atoms with van der Waals surface area (Å²) < 4.78 is 58.2. The highest BCUT2D eigenvalue weighted by Gasteiger charge is 2.35. The Hall–Kier alpha value is -3.63. The molecule has 1 amide bonds. The molecule has 0 spiro atoms. The highest BCUT2D eigenvalue weighted by atomic mass is 32.2. The summed E-state index contributed by atoms with van der Waals surface area (Å²) in [6, 6.07) is 19.0. The molecule has 1 aliphatic heterocycles. The van der Waals surface area contributed by atoms with Crippen LogP contribution in [0.4, 0.5) is 10.1 Å². The third-order valence-corrected chi connectivity index (χ3v) is 8.57. The van der Waals surface area contributed by atoms with E-state index in [9.17, 15) is 17.6 Å². The van der Waals surface area contributed by atoms with Gasteiger partial charge in [0.05, 0.1) is 24.8 Å². The lowest BCUT2D eigenvalue weighted by Gasteiger charge is -2.38. The number of methoxy groups -OCH3 is 2. The first-order valence-corrected chi connectivity index (χ1v) is 13.6. The largest absolute Gasteiger partial charge is 0.493 e. The third-order valence-electron chi connectivity index (χ3n) is 6.80. The molecule has 10 heteroatoms. The van der Waals surface area contributed by atoms with Crippen LogP contribution >= 0.6 is 0 Å². The topological polar surface area (TPSA) is 94.2 Å². The van der Waals surface area contributed by atoms with E-state index in [0.29, 0.717) is 25.5 Å². The van der Waals surface area contributed by atoms with Crippen LogP contribution in [0, 0.1) is 5.82 Å². The molecule has 0 saturated carbocycles. The van der Waals surface area contributed by atoms with E-state index >= 15 is 0 Å². The number of hydrogen-bond acceptors (Lipinski definition) is 6. The second kappa shape index (κ2) is 11.8. The predicted molar refractivity (Wildman–Crippen MR) is 142 cm³/mol. The minimum atomic E-state index is -4.24. The van der Waals surface area contributed by atoms with Gasteiger partial charge in [-0.15, -0.1) is 0 Å². The fourth-order valence-corrected chi connectivity index (χ4v) is 6.04. The molecule has 3 aromatic carbocycles. The summed E-state index contributed by atoms with van der Waals surface area (Å²) in [4.78, 5) is 13.1. The molecule has 202 valence electrons. The van der Waals surface area contributed by atoms with Crippen LogP contribution in [0.3, 0.4) is 0 Å². The smallest absolute Gasteiger partial charge is 0.264 e. The number of halogens is 1. The molecular formula is C28H31FN2O6S. The average Bonchev–Trinajstić information content (AvgIpc) is 2.96. The molecule has 0 radical (unpaired) electrons. The van der Waals surface area contributed by atoms with E-state index in [1.807, 2.05) is 30.3 Å². The standard InChI is InChI=1S/C28H31FN2O6S/c1-35-25-13-12-24(18-26(25)36-2)38(33,34)31(23-10-8-22(29)9-11-23)19-27(32)30-20-28(14-16-37-17-15-28)21-6-4-3-5-7-21/h3-13,18H,14-17,19-20H2,1-2H3,(H,30,32). The first-order valence-electron chi connectivity index (χ1n) is 12.2. The zero-order valence-electron chi connectivity index (χ0n) is 21.4. The Kier molecular flexibility index (Phi) is 8.53. The van der Waals surface area contributed by atoms with Gasteiger partial charge in [0, 0.05) is 31.2 Å². The predicted octanol–water partition coefficient (Wildman–Crippen LogP) is 3.90. The van der Waals surface area contributed by atoms with E-state index in [0.717, 1.165) is 34.8 Å². The molecule has 0 unspecified atom stereocenters. The lowest BCUT2D eigenvalue weighted by Crippen LogP contribution is -2.48. The maximum absolute atomic E-state index is 13.8. The van der Waals surface area contributed by atoms with E-state index in [4.69, 9.17) is 14.2 Å². The van der Waals surface area contributed by atoms with Gasteiger partial charge < -0.3 is 19.5 Å². The molecule has 1 fully saturated rings. The van der Waals surface area contributed by atoms with Crippen LogP contribution in [-0.4, -0.2) is 54.8 Å². The molecule has 8 nitrogen and oxygen atoms in total. The van der Waals surface area contributed by atoms with Gasteiger partial charge in [0.2, 0.25) is 5.91 Å². The lowest BCUT2D eigenvalue weighted by atomic mass is 9.74. The van der Waals surface area contributed by atoms with Crippen LogP contribution in [0.1, 0.15) is 18.4 Å². The van der Waals surface area contributed by atoms with Gasteiger partial charge in [-0.1, -0.05) is 30.3 Å². The van der Waals surface area contributed by atoms with Crippen LogP contribution < -0.4 is 19.1 Å². The van der Waals surface area contributed by atoms with Crippen LogP contribution in [0.15, 0.2) is 77.7 Å². The summed E-state index contributed by atoms with van der Waals surface area (Å²) in [7, 11) is -1.39. The lowest BCUT2D eigenvalue weighted by molar-refractivity contribution is -0.120. The highest BCUT2D eigenvalue weighted by Crippen LogP contribution is 2.35. The number of anilines is 1. The van der Waals surface area contributed by atoms with Crippen LogP contribution in [0.25, 0.3) is 0 Å². The number of nitrogens with zero attached hydrogens (tertiary/aromatic N) is 1. The van der Waals surface area contributed by atoms with Crippen LogP contribution in [-0.2, 0) is 25.0 Å². The number of nitrogens with one attached hydrogen (secondary N) is 1. The molecule has 1 aliphatic rings. The van der Waals surface area contributed by atoms with Gasteiger partial charge in [-0.05, 0) is 54.8 Å². The van der Waals surface area contributed by atoms with E-state index in [2.05, 4.69) is 5.32 Å². The Bertz CT molecular complexity index is 1340. The first-order chi connectivity index (χ1) is 18.3. The SMILES string of the molecule is COc1ccc(S(=O)(=O)N(CC(=O)NCC2(c3ccccc3)CCOCC2)c2ccc(F)cc2)cc1OC. The van der Waals surface area contributed by atoms with Crippen molar-refractivity contribution in [3.8, 4) is 11.5 Å². The first kappa shape index (κ1) is 27.4. The second-order valence-corrected chi connectivity index (χ2v) is 10.9. The Morgan fingerprint density at radius 3 is 2.26 bits per heavy atom.